The third-order valence-electron chi connectivity index (χ3n) is 9.25. The first-order valence-corrected chi connectivity index (χ1v) is 21.7. The first-order valence-electron chi connectivity index (χ1n) is 19.6. The average molecular weight is 807 g/mol. The lowest BCUT2D eigenvalue weighted by atomic mass is 9.82. The number of ether oxygens (including phenoxy) is 4. The van der Waals surface area contributed by atoms with E-state index in [1.807, 2.05) is 49.0 Å². The van der Waals surface area contributed by atoms with Gasteiger partial charge in [0, 0.05) is 21.5 Å². The van der Waals surface area contributed by atoms with Gasteiger partial charge >= 0.3 is 24.1 Å². The van der Waals surface area contributed by atoms with Crippen LogP contribution in [-0.2, 0) is 35.1 Å². The molecule has 0 aromatic heterocycles. The van der Waals surface area contributed by atoms with Crippen LogP contribution >= 0.6 is 23.5 Å². The Morgan fingerprint density at radius 1 is 0.909 bits per heavy atom. The second-order valence-electron chi connectivity index (χ2n) is 15.8. The fourth-order valence-electron chi connectivity index (χ4n) is 6.07. The summed E-state index contributed by atoms with van der Waals surface area (Å²) in [6.45, 7) is 23.3. The van der Waals surface area contributed by atoms with Crippen molar-refractivity contribution in [3.05, 3.63) is 59.2 Å². The van der Waals surface area contributed by atoms with Gasteiger partial charge in [0.25, 0.3) is 0 Å². The molecule has 0 fully saturated rings. The maximum atomic E-state index is 12.4. The number of esters is 2. The van der Waals surface area contributed by atoms with E-state index >= 15 is 0 Å². The van der Waals surface area contributed by atoms with Crippen molar-refractivity contribution in [3.63, 3.8) is 0 Å². The Kier molecular flexibility index (Phi) is 23.5. The highest BCUT2D eigenvalue weighted by molar-refractivity contribution is 8.00. The summed E-state index contributed by atoms with van der Waals surface area (Å²) in [6.07, 6.45) is 9.78. The zero-order valence-electron chi connectivity index (χ0n) is 35.4. The maximum absolute atomic E-state index is 12.4. The van der Waals surface area contributed by atoms with Crippen molar-refractivity contribution in [2.45, 2.75) is 143 Å². The van der Waals surface area contributed by atoms with Crippen molar-refractivity contribution in [3.8, 4) is 0 Å². The van der Waals surface area contributed by atoms with Gasteiger partial charge in [-0.15, -0.1) is 0 Å². The van der Waals surface area contributed by atoms with E-state index < -0.39 is 29.8 Å². The molecule has 10 nitrogen and oxygen atoms in total. The number of amides is 2. The summed E-state index contributed by atoms with van der Waals surface area (Å²) in [5, 5.41) is 3.26. The fourth-order valence-corrected chi connectivity index (χ4v) is 8.92. The highest BCUT2D eigenvalue weighted by atomic mass is 32.2. The zero-order valence-corrected chi connectivity index (χ0v) is 37.0. The predicted octanol–water partition coefficient (Wildman–Crippen LogP) is 10.0. The molecule has 12 heteroatoms. The highest BCUT2D eigenvalue weighted by Crippen LogP contribution is 2.41. The minimum Gasteiger partial charge on any atom is -0.466 e. The summed E-state index contributed by atoms with van der Waals surface area (Å²) in [7, 11) is 0. The molecule has 4 atom stereocenters. The lowest BCUT2D eigenvalue weighted by molar-refractivity contribution is -0.145. The van der Waals surface area contributed by atoms with Crippen LogP contribution in [0.5, 0.6) is 0 Å². The summed E-state index contributed by atoms with van der Waals surface area (Å²) in [5.41, 5.74) is 8.11. The molecule has 3 N–H and O–H groups in total. The standard InChI is InChI=1S/C23H33NO4S.C15H26O2S.C5H11NO2/c1-5-27-21(25)20(24-22(26)28-15-18-9-7-6-8-10-18)16-29-23(3,4)19-13-11-17(2)12-14-19;1-5-17-15(16)8-9-18-14-10-12(4)6-7-13(14)11(2)3;1-5(2,3)8-4(6)7/h6-11,19-20H,5,12-16H2,1-4H3,(H,24,26);10-11,13-14H,5-9H2,1-4H3;1-3H3,(H2,6,7). The molecular weight excluding hydrogens is 737 g/mol. The molecule has 4 unspecified atom stereocenters. The Morgan fingerprint density at radius 2 is 1.55 bits per heavy atom. The molecule has 0 bridgehead atoms. The van der Waals surface area contributed by atoms with Crippen LogP contribution in [-0.4, -0.2) is 70.5 Å². The van der Waals surface area contributed by atoms with Crippen molar-refractivity contribution < 1.29 is 38.1 Å². The Hall–Kier alpha value is -3.12. The number of primary amides is 1. The first kappa shape index (κ1) is 49.9. The molecule has 2 aliphatic rings. The normalized spacial score (nSPS) is 18.8. The van der Waals surface area contributed by atoms with Crippen molar-refractivity contribution in [2.75, 3.05) is 24.7 Å². The number of alkyl carbamates (subject to hydrolysis) is 1. The van der Waals surface area contributed by atoms with Gasteiger partial charge in [0.05, 0.1) is 19.6 Å². The van der Waals surface area contributed by atoms with Crippen LogP contribution in [0.15, 0.2) is 53.6 Å². The van der Waals surface area contributed by atoms with E-state index in [1.54, 1.807) is 39.5 Å². The first-order chi connectivity index (χ1) is 25.8. The van der Waals surface area contributed by atoms with Gasteiger partial charge in [0.15, 0.2) is 0 Å². The number of carbonyl (C=O) groups excluding carboxylic acids is 4. The summed E-state index contributed by atoms with van der Waals surface area (Å²) in [4.78, 5) is 45.9. The summed E-state index contributed by atoms with van der Waals surface area (Å²) in [6, 6.07) is 8.72. The Balaban J connectivity index is 0.000000492. The molecule has 0 aliphatic heterocycles. The smallest absolute Gasteiger partial charge is 0.408 e. The Labute approximate surface area is 340 Å². The molecule has 0 spiro atoms. The number of allylic oxidation sites excluding steroid dienone is 3. The predicted molar refractivity (Wildman–Crippen MR) is 227 cm³/mol. The van der Waals surface area contributed by atoms with E-state index in [0.29, 0.717) is 29.9 Å². The van der Waals surface area contributed by atoms with Crippen LogP contribution in [0, 0.1) is 17.8 Å². The molecule has 312 valence electrons. The molecule has 2 aliphatic carbocycles. The van der Waals surface area contributed by atoms with Gasteiger partial charge < -0.3 is 30.0 Å². The molecule has 3 rings (SSSR count). The third-order valence-corrected chi connectivity index (χ3v) is 12.1. The molecule has 0 saturated carbocycles. The van der Waals surface area contributed by atoms with Gasteiger partial charge in [-0.25, -0.2) is 14.4 Å². The van der Waals surface area contributed by atoms with E-state index in [9.17, 15) is 19.2 Å². The molecule has 0 heterocycles. The lowest BCUT2D eigenvalue weighted by Gasteiger charge is -2.36. The zero-order chi connectivity index (χ0) is 41.6. The number of nitrogens with one attached hydrogen (secondary N) is 1. The average Bonchev–Trinajstić information content (AvgIpc) is 3.09. The van der Waals surface area contributed by atoms with Crippen LogP contribution in [0.4, 0.5) is 9.59 Å². The van der Waals surface area contributed by atoms with Crippen molar-refractivity contribution in [2.24, 2.45) is 23.5 Å². The van der Waals surface area contributed by atoms with E-state index in [0.717, 1.165) is 42.4 Å². The third kappa shape index (κ3) is 22.3. The number of carbonyl (C=O) groups is 4. The van der Waals surface area contributed by atoms with Crippen molar-refractivity contribution in [1.82, 2.24) is 5.32 Å². The Morgan fingerprint density at radius 3 is 2.07 bits per heavy atom. The number of thioether (sulfide) groups is 2. The minimum absolute atomic E-state index is 0.00241. The molecule has 0 saturated heterocycles. The number of nitrogens with two attached hydrogens (primary N) is 1. The molecule has 0 radical (unpaired) electrons. The number of hydrogen-bond acceptors (Lipinski definition) is 10. The van der Waals surface area contributed by atoms with E-state index in [2.05, 4.69) is 63.7 Å². The van der Waals surface area contributed by atoms with Gasteiger partial charge in [0.1, 0.15) is 18.2 Å². The topological polar surface area (TPSA) is 143 Å². The minimum atomic E-state index is -0.733. The van der Waals surface area contributed by atoms with E-state index in [4.69, 9.17) is 19.9 Å². The van der Waals surface area contributed by atoms with Gasteiger partial charge in [-0.05, 0) is 104 Å². The molecule has 1 aromatic rings. The van der Waals surface area contributed by atoms with Crippen molar-refractivity contribution >= 4 is 47.6 Å². The summed E-state index contributed by atoms with van der Waals surface area (Å²) >= 11 is 3.62. The van der Waals surface area contributed by atoms with Crippen LogP contribution < -0.4 is 11.1 Å². The van der Waals surface area contributed by atoms with Gasteiger partial charge in [-0.2, -0.15) is 23.5 Å². The largest absolute Gasteiger partial charge is 0.466 e. The van der Waals surface area contributed by atoms with Gasteiger partial charge in [-0.1, -0.05) is 81.3 Å². The van der Waals surface area contributed by atoms with Crippen LogP contribution in [0.25, 0.3) is 0 Å². The monoisotopic (exact) mass is 806 g/mol. The highest BCUT2D eigenvalue weighted by Gasteiger charge is 2.33. The second kappa shape index (κ2) is 25.9. The lowest BCUT2D eigenvalue weighted by Crippen LogP contribution is -2.45. The summed E-state index contributed by atoms with van der Waals surface area (Å²) in [5.74, 6) is 2.84. The number of hydrogen-bond donors (Lipinski definition) is 2. The molecule has 1 aromatic carbocycles. The quantitative estimate of drug-likeness (QED) is 0.0999. The SMILES string of the molecule is CC(C)(C)OC(N)=O.CCOC(=O)C(CSC(C)(C)C1CC=C(C)CC1)NC(=O)OCc1ccccc1.CCOC(=O)CCSC1C=C(C)CCC1C(C)C. The maximum Gasteiger partial charge on any atom is 0.408 e. The number of benzene rings is 1. The number of rotatable bonds is 15. The molecular formula is C43H70N2O8S2. The van der Waals surface area contributed by atoms with E-state index in [1.165, 1.54) is 24.0 Å². The molecule has 55 heavy (non-hydrogen) atoms. The van der Waals surface area contributed by atoms with Gasteiger partial charge in [0.2, 0.25) is 0 Å². The van der Waals surface area contributed by atoms with Gasteiger partial charge in [-0.3, -0.25) is 4.79 Å². The second-order valence-corrected chi connectivity index (χ2v) is 18.8. The fraction of sp³-hybridized carbons (Fsp3) is 0.674. The Bertz CT molecular complexity index is 1370. The summed E-state index contributed by atoms with van der Waals surface area (Å²) < 4.78 is 20.0. The van der Waals surface area contributed by atoms with Crippen LogP contribution in [0.1, 0.15) is 120 Å². The molecule has 2 amide bonds. The van der Waals surface area contributed by atoms with Crippen molar-refractivity contribution in [1.29, 1.82) is 0 Å². The van der Waals surface area contributed by atoms with Crippen LogP contribution in [0.2, 0.25) is 0 Å². The van der Waals surface area contributed by atoms with Crippen LogP contribution in [0.3, 0.4) is 0 Å². The van der Waals surface area contributed by atoms with E-state index in [-0.39, 0.29) is 23.9 Å².